The van der Waals surface area contributed by atoms with E-state index >= 15 is 0 Å². The Bertz CT molecular complexity index is 3870. The Morgan fingerprint density at radius 3 is 0.841 bits per heavy atom. The molecule has 0 saturated heterocycles. The molecule has 0 unspecified atom stereocenters. The number of nitrogens with one attached hydrogen (secondary N) is 14. The lowest BCUT2D eigenvalue weighted by atomic mass is 10.1. The number of hydrogen-bond donors (Lipinski definition) is 14. The number of halogens is 1. The topological polar surface area (TPSA) is 339 Å². The lowest BCUT2D eigenvalue weighted by molar-refractivity contribution is 0.0789. The Balaban J connectivity index is 0.000000613. The van der Waals surface area contributed by atoms with Gasteiger partial charge in [-0.15, -0.1) is 0 Å². The van der Waals surface area contributed by atoms with E-state index in [1.165, 1.54) is 24.1 Å². The summed E-state index contributed by atoms with van der Waals surface area (Å²) in [4.78, 5) is 94.4. The van der Waals surface area contributed by atoms with Gasteiger partial charge in [-0.2, -0.15) is 0 Å². The highest BCUT2D eigenvalue weighted by molar-refractivity contribution is 6.00. The van der Waals surface area contributed by atoms with Crippen LogP contribution in [-0.2, 0) is 0 Å². The van der Waals surface area contributed by atoms with Gasteiger partial charge in [0, 0.05) is 200 Å². The number of rotatable bonds is 21. The second-order valence-corrected chi connectivity index (χ2v) is 22.2. The van der Waals surface area contributed by atoms with E-state index in [-0.39, 0.29) is 47.3 Å². The molecule has 8 amide bonds. The van der Waals surface area contributed by atoms with E-state index in [9.17, 15) is 42.7 Å². The van der Waals surface area contributed by atoms with Crippen LogP contribution in [0.3, 0.4) is 0 Å². The van der Waals surface area contributed by atoms with Gasteiger partial charge in [0.15, 0.2) is 0 Å². The summed E-state index contributed by atoms with van der Waals surface area (Å²) in [6, 6.07) is 49.7. The predicted octanol–water partition coefficient (Wildman–Crippen LogP) is 10.3. The van der Waals surface area contributed by atoms with Gasteiger partial charge >= 0.3 is 0 Å². The molecule has 0 atom stereocenters. The summed E-state index contributed by atoms with van der Waals surface area (Å²) >= 11 is 0. The van der Waals surface area contributed by atoms with E-state index in [4.69, 9.17) is 14.2 Å². The zero-order valence-electron chi connectivity index (χ0n) is 65.3. The molecule has 27 nitrogen and oxygen atoms in total. The van der Waals surface area contributed by atoms with Crippen LogP contribution in [0, 0.1) is 5.82 Å². The fourth-order valence-electron chi connectivity index (χ4n) is 8.97. The summed E-state index contributed by atoms with van der Waals surface area (Å²) in [7, 11) is 33.9. The Kier molecular flexibility index (Phi) is 44.3. The van der Waals surface area contributed by atoms with Crippen LogP contribution in [0.1, 0.15) is 96.2 Å². The van der Waals surface area contributed by atoms with Crippen molar-refractivity contribution in [3.05, 3.63) is 220 Å². The average Bonchev–Trinajstić information content (AvgIpc) is 0.854. The van der Waals surface area contributed by atoms with Gasteiger partial charge in [-0.05, 0) is 152 Å². The molecular formula is C79H109FN16O11. The molecule has 107 heavy (non-hydrogen) atoms. The number of ether oxygens (including phenoxy) is 3. The normalized spacial score (nSPS) is 9.40. The molecule has 0 heterocycles. The maximum atomic E-state index is 12.9. The largest absolute Gasteiger partial charge is 0.496 e. The summed E-state index contributed by atoms with van der Waals surface area (Å²) in [5.41, 5.74) is 11.7. The van der Waals surface area contributed by atoms with Crippen molar-refractivity contribution in [3.8, 4) is 17.2 Å². The quantitative estimate of drug-likeness (QED) is 0.0318. The molecule has 14 N–H and O–H groups in total. The number of amides is 8. The fourth-order valence-corrected chi connectivity index (χ4v) is 8.97. The van der Waals surface area contributed by atoms with Crippen LogP contribution >= 0.6 is 0 Å². The molecule has 0 aliphatic carbocycles. The lowest BCUT2D eigenvalue weighted by Crippen LogP contribution is -2.27. The smallest absolute Gasteiger partial charge is 0.257 e. The van der Waals surface area contributed by atoms with Crippen molar-refractivity contribution in [1.82, 2.24) is 41.7 Å². The molecule has 0 saturated carbocycles. The first kappa shape index (κ1) is 92.3. The maximum absolute atomic E-state index is 12.9. The van der Waals surface area contributed by atoms with Gasteiger partial charge in [0.25, 0.3) is 47.3 Å². The number of hydrogen-bond acceptors (Lipinski definition) is 19. The Hall–Kier alpha value is -12.8. The number of anilines is 8. The number of benzene rings is 8. The molecule has 8 aromatic rings. The third kappa shape index (κ3) is 32.2. The van der Waals surface area contributed by atoms with Crippen molar-refractivity contribution in [2.75, 3.05) is 190 Å². The molecule has 0 aliphatic heterocycles. The average molecular weight is 1480 g/mol. The standard InChI is InChI=1S/C13H20N2O2.C11H16N2O2.C10H14N2O2.C9H11FN2O.4C9H12N2O/c1-5-8-15(3)13(16)11-9-10(14-2)6-7-12(11)17-4;1-12-8-5-6-10(15-4)9(7-8)11(14)13(2)3;1-11-7-4-5-9(14-3)8(6-7)10(13)12-2;1-11-8-4-6(9(13)12-2)3-7(10)5-8;4*1-10-8-5-3-4-7(6-8)9(12)11-2/h6-7,9,14H,5,8H2,1-4H3;5-7,12H,1-4H3;4-6,11H,1-3H3,(H,12,13);3-5,11H,1-2H3,(H,12,13);4*3-6,10H,1-2H3,(H,11,12). The van der Waals surface area contributed by atoms with Crippen molar-refractivity contribution in [2.24, 2.45) is 0 Å². The van der Waals surface area contributed by atoms with Gasteiger partial charge in [-0.1, -0.05) is 31.2 Å². The molecular weight excluding hydrogens is 1370 g/mol. The molecule has 0 aliphatic rings. The SMILES string of the molecule is CCCN(C)C(=O)c1cc(NC)ccc1OC.CNC(=O)c1cc(F)cc(NC)c1.CNC(=O)c1cc(NC)ccc1OC.CNC(=O)c1cccc(NC)c1.CNC(=O)c1cccc(NC)c1.CNC(=O)c1cccc(NC)c1.CNC(=O)c1cccc(NC)c1.CNc1ccc(OC)c(C(=O)N(C)C)c1. The molecule has 8 aromatic carbocycles. The zero-order valence-corrected chi connectivity index (χ0v) is 65.3. The van der Waals surface area contributed by atoms with Gasteiger partial charge in [-0.3, -0.25) is 38.4 Å². The minimum atomic E-state index is -0.426. The first-order valence-corrected chi connectivity index (χ1v) is 33.7. The van der Waals surface area contributed by atoms with Gasteiger partial charge in [0.2, 0.25) is 0 Å². The van der Waals surface area contributed by atoms with E-state index in [1.54, 1.807) is 182 Å². The van der Waals surface area contributed by atoms with Crippen LogP contribution in [0.15, 0.2) is 170 Å². The van der Waals surface area contributed by atoms with Crippen molar-refractivity contribution >= 4 is 92.8 Å². The number of methoxy groups -OCH3 is 3. The molecule has 0 bridgehead atoms. The van der Waals surface area contributed by atoms with Crippen molar-refractivity contribution in [2.45, 2.75) is 13.3 Å². The van der Waals surface area contributed by atoms with Crippen LogP contribution < -0.4 is 88.6 Å². The maximum Gasteiger partial charge on any atom is 0.257 e. The van der Waals surface area contributed by atoms with E-state index in [0.29, 0.717) is 67.4 Å². The van der Waals surface area contributed by atoms with Crippen LogP contribution in [-0.4, -0.2) is 205 Å². The van der Waals surface area contributed by atoms with Gasteiger partial charge in [-0.25, -0.2) is 4.39 Å². The van der Waals surface area contributed by atoms with Gasteiger partial charge < -0.3 is 98.4 Å². The minimum Gasteiger partial charge on any atom is -0.496 e. The van der Waals surface area contributed by atoms with Crippen LogP contribution in [0.2, 0.25) is 0 Å². The summed E-state index contributed by atoms with van der Waals surface area (Å²) in [6.45, 7) is 2.79. The molecule has 8 rings (SSSR count). The molecule has 0 fully saturated rings. The molecule has 0 aromatic heterocycles. The Morgan fingerprint density at radius 2 is 0.570 bits per heavy atom. The summed E-state index contributed by atoms with van der Waals surface area (Å²) < 4.78 is 28.3. The summed E-state index contributed by atoms with van der Waals surface area (Å²) in [5.74, 6) is 0.566. The van der Waals surface area contributed by atoms with Crippen molar-refractivity contribution in [3.63, 3.8) is 0 Å². The van der Waals surface area contributed by atoms with E-state index in [2.05, 4.69) is 74.4 Å². The molecule has 578 valence electrons. The third-order valence-corrected chi connectivity index (χ3v) is 14.9. The molecule has 0 spiro atoms. The highest BCUT2D eigenvalue weighted by atomic mass is 19.1. The van der Waals surface area contributed by atoms with Crippen LogP contribution in [0.5, 0.6) is 17.2 Å². The molecule has 0 radical (unpaired) electrons. The second-order valence-electron chi connectivity index (χ2n) is 22.2. The van der Waals surface area contributed by atoms with Crippen molar-refractivity contribution in [1.29, 1.82) is 0 Å². The first-order chi connectivity index (χ1) is 51.2. The van der Waals surface area contributed by atoms with Gasteiger partial charge in [0.1, 0.15) is 23.1 Å². The third-order valence-electron chi connectivity index (χ3n) is 14.9. The lowest BCUT2D eigenvalue weighted by Gasteiger charge is -2.18. The number of carbonyl (C=O) groups excluding carboxylic acids is 8. The second kappa shape index (κ2) is 51.4. The van der Waals surface area contributed by atoms with Crippen LogP contribution in [0.25, 0.3) is 0 Å². The number of nitrogens with zero attached hydrogens (tertiary/aromatic N) is 2. The highest BCUT2D eigenvalue weighted by Crippen LogP contribution is 2.26. The van der Waals surface area contributed by atoms with Crippen molar-refractivity contribution < 1.29 is 57.0 Å². The summed E-state index contributed by atoms with van der Waals surface area (Å²) in [5, 5.41) is 38.8. The Morgan fingerprint density at radius 1 is 0.308 bits per heavy atom. The van der Waals surface area contributed by atoms with Crippen LogP contribution in [0.4, 0.5) is 49.9 Å². The minimum absolute atomic E-state index is 0.0131. The highest BCUT2D eigenvalue weighted by Gasteiger charge is 2.18. The monoisotopic (exact) mass is 1480 g/mol. The van der Waals surface area contributed by atoms with Gasteiger partial charge in [0.05, 0.1) is 38.0 Å². The fraction of sp³-hybridized carbons (Fsp3) is 0.291. The Labute approximate surface area is 629 Å². The molecule has 28 heteroatoms. The summed E-state index contributed by atoms with van der Waals surface area (Å²) in [6.07, 6.45) is 0.941. The predicted molar refractivity (Wildman–Crippen MR) is 433 cm³/mol. The number of carbonyl (C=O) groups is 8. The first-order valence-electron chi connectivity index (χ1n) is 33.7. The zero-order chi connectivity index (χ0) is 80.6. The van der Waals surface area contributed by atoms with E-state index in [1.807, 2.05) is 122 Å². The van der Waals surface area contributed by atoms with E-state index < -0.39 is 5.82 Å². The van der Waals surface area contributed by atoms with E-state index in [0.717, 1.165) is 52.8 Å².